The monoisotopic (exact) mass is 251 g/mol. The molecule has 5 heteroatoms. The lowest BCUT2D eigenvalue weighted by Gasteiger charge is -2.23. The molecular weight excluding hydrogens is 230 g/mol. The third kappa shape index (κ3) is 3.10. The molecule has 1 aliphatic heterocycles. The zero-order valence-electron chi connectivity index (χ0n) is 11.1. The maximum Gasteiger partial charge on any atom is 0.299 e. The van der Waals surface area contributed by atoms with Crippen LogP contribution in [-0.4, -0.2) is 29.8 Å². The predicted molar refractivity (Wildman–Crippen MR) is 70.0 cm³/mol. The Labute approximate surface area is 107 Å². The van der Waals surface area contributed by atoms with Crippen LogP contribution in [0.2, 0.25) is 0 Å². The van der Waals surface area contributed by atoms with Crippen LogP contribution in [0.4, 0.5) is 0 Å². The molecule has 0 aliphatic carbocycles. The van der Waals surface area contributed by atoms with Crippen molar-refractivity contribution in [3.8, 4) is 6.01 Å². The maximum absolute atomic E-state index is 11.9. The van der Waals surface area contributed by atoms with Gasteiger partial charge in [0.1, 0.15) is 0 Å². The van der Waals surface area contributed by atoms with Gasteiger partial charge in [0, 0.05) is 18.3 Å². The zero-order valence-corrected chi connectivity index (χ0v) is 11.1. The summed E-state index contributed by atoms with van der Waals surface area (Å²) in [6.07, 6.45) is 3.40. The highest BCUT2D eigenvalue weighted by Gasteiger charge is 2.14. The van der Waals surface area contributed by atoms with E-state index in [9.17, 15) is 4.79 Å². The number of hydrogen-bond acceptors (Lipinski definition) is 4. The van der Waals surface area contributed by atoms with Gasteiger partial charge in [0.25, 0.3) is 11.6 Å². The Bertz CT molecular complexity index is 450. The summed E-state index contributed by atoms with van der Waals surface area (Å²) in [5, 5.41) is 3.35. The summed E-state index contributed by atoms with van der Waals surface area (Å²) in [7, 11) is 1.56. The summed E-state index contributed by atoms with van der Waals surface area (Å²) >= 11 is 0. The van der Waals surface area contributed by atoms with E-state index in [0.29, 0.717) is 24.2 Å². The minimum absolute atomic E-state index is 0.0201. The van der Waals surface area contributed by atoms with Crippen molar-refractivity contribution >= 4 is 0 Å². The quantitative estimate of drug-likeness (QED) is 0.865. The van der Waals surface area contributed by atoms with Crippen LogP contribution in [-0.2, 0) is 6.54 Å². The van der Waals surface area contributed by atoms with Crippen molar-refractivity contribution in [1.82, 2.24) is 14.9 Å². The van der Waals surface area contributed by atoms with Crippen LogP contribution in [0.1, 0.15) is 25.0 Å². The van der Waals surface area contributed by atoms with Gasteiger partial charge in [-0.2, -0.15) is 0 Å². The molecular formula is C13H21N3O2. The van der Waals surface area contributed by atoms with Gasteiger partial charge in [-0.05, 0) is 45.2 Å². The SMILES string of the molecule is COc1nc(C)cc(=O)n1CCC1CCNCC1. The van der Waals surface area contributed by atoms with Crippen LogP contribution in [0.5, 0.6) is 6.01 Å². The van der Waals surface area contributed by atoms with E-state index in [-0.39, 0.29) is 5.56 Å². The fourth-order valence-corrected chi connectivity index (χ4v) is 2.44. The number of aromatic nitrogens is 2. The number of nitrogens with zero attached hydrogens (tertiary/aromatic N) is 2. The van der Waals surface area contributed by atoms with Gasteiger partial charge in [-0.3, -0.25) is 9.36 Å². The summed E-state index contributed by atoms with van der Waals surface area (Å²) in [4.78, 5) is 16.2. The topological polar surface area (TPSA) is 56.1 Å². The molecule has 5 nitrogen and oxygen atoms in total. The van der Waals surface area contributed by atoms with Gasteiger partial charge in [0.15, 0.2) is 0 Å². The van der Waals surface area contributed by atoms with Gasteiger partial charge in [-0.25, -0.2) is 4.98 Å². The average molecular weight is 251 g/mol. The second-order valence-corrected chi connectivity index (χ2v) is 4.86. The molecule has 0 amide bonds. The molecule has 1 aromatic rings. The van der Waals surface area contributed by atoms with Crippen molar-refractivity contribution in [2.24, 2.45) is 5.92 Å². The van der Waals surface area contributed by atoms with Crippen LogP contribution in [0.3, 0.4) is 0 Å². The molecule has 0 spiro atoms. The van der Waals surface area contributed by atoms with Crippen molar-refractivity contribution in [1.29, 1.82) is 0 Å². The largest absolute Gasteiger partial charge is 0.468 e. The second-order valence-electron chi connectivity index (χ2n) is 4.86. The Hall–Kier alpha value is -1.36. The lowest BCUT2D eigenvalue weighted by Crippen LogP contribution is -2.29. The standard InChI is InChI=1S/C13H21N3O2/c1-10-9-12(17)16(13(15-10)18-2)8-5-11-3-6-14-7-4-11/h9,11,14H,3-8H2,1-2H3. The Morgan fingerprint density at radius 3 is 2.89 bits per heavy atom. The number of nitrogens with one attached hydrogen (secondary N) is 1. The van der Waals surface area contributed by atoms with Crippen molar-refractivity contribution < 1.29 is 4.74 Å². The highest BCUT2D eigenvalue weighted by atomic mass is 16.5. The molecule has 2 rings (SSSR count). The smallest absolute Gasteiger partial charge is 0.299 e. The van der Waals surface area contributed by atoms with Crippen LogP contribution >= 0.6 is 0 Å². The predicted octanol–water partition coefficient (Wildman–Crippen LogP) is 0.950. The normalized spacial score (nSPS) is 16.8. The first-order valence-electron chi connectivity index (χ1n) is 6.54. The van der Waals surface area contributed by atoms with Crippen molar-refractivity contribution in [2.75, 3.05) is 20.2 Å². The molecule has 0 radical (unpaired) electrons. The molecule has 0 saturated carbocycles. The summed E-state index contributed by atoms with van der Waals surface area (Å²) in [6, 6.07) is 1.99. The van der Waals surface area contributed by atoms with Gasteiger partial charge in [0.2, 0.25) is 0 Å². The third-order valence-corrected chi connectivity index (χ3v) is 3.50. The Kier molecular flexibility index (Phi) is 4.36. The fourth-order valence-electron chi connectivity index (χ4n) is 2.44. The molecule has 100 valence electrons. The number of hydrogen-bond donors (Lipinski definition) is 1. The second kappa shape index (κ2) is 6.00. The summed E-state index contributed by atoms with van der Waals surface area (Å²) in [5.74, 6) is 0.698. The molecule has 2 heterocycles. The maximum atomic E-state index is 11.9. The summed E-state index contributed by atoms with van der Waals surface area (Å²) in [6.45, 7) is 4.67. The first kappa shape index (κ1) is 13.1. The Morgan fingerprint density at radius 2 is 2.22 bits per heavy atom. The highest BCUT2D eigenvalue weighted by Crippen LogP contribution is 2.17. The fraction of sp³-hybridized carbons (Fsp3) is 0.692. The average Bonchev–Trinajstić information content (AvgIpc) is 2.38. The lowest BCUT2D eigenvalue weighted by atomic mass is 9.95. The van der Waals surface area contributed by atoms with Gasteiger partial charge in [-0.15, -0.1) is 0 Å². The number of ether oxygens (including phenoxy) is 1. The van der Waals surface area contributed by atoms with E-state index in [4.69, 9.17) is 4.74 Å². The zero-order chi connectivity index (χ0) is 13.0. The van der Waals surface area contributed by atoms with E-state index in [1.807, 2.05) is 0 Å². The molecule has 0 unspecified atom stereocenters. The van der Waals surface area contributed by atoms with Crippen LogP contribution in [0, 0.1) is 12.8 Å². The lowest BCUT2D eigenvalue weighted by molar-refractivity contribution is 0.306. The Morgan fingerprint density at radius 1 is 1.50 bits per heavy atom. The van der Waals surface area contributed by atoms with Crippen molar-refractivity contribution in [2.45, 2.75) is 32.7 Å². The summed E-state index contributed by atoms with van der Waals surface area (Å²) < 4.78 is 6.82. The number of aryl methyl sites for hydroxylation is 1. The minimum Gasteiger partial charge on any atom is -0.468 e. The van der Waals surface area contributed by atoms with E-state index in [1.54, 1.807) is 24.7 Å². The van der Waals surface area contributed by atoms with E-state index < -0.39 is 0 Å². The van der Waals surface area contributed by atoms with Crippen molar-refractivity contribution in [3.63, 3.8) is 0 Å². The van der Waals surface area contributed by atoms with E-state index in [0.717, 1.165) is 19.5 Å². The van der Waals surface area contributed by atoms with E-state index >= 15 is 0 Å². The van der Waals surface area contributed by atoms with Crippen molar-refractivity contribution in [3.05, 3.63) is 22.1 Å². The first-order valence-corrected chi connectivity index (χ1v) is 6.54. The van der Waals surface area contributed by atoms with Gasteiger partial charge >= 0.3 is 0 Å². The summed E-state index contributed by atoms with van der Waals surface area (Å²) in [5.41, 5.74) is 0.684. The van der Waals surface area contributed by atoms with E-state index in [2.05, 4.69) is 10.3 Å². The minimum atomic E-state index is -0.0201. The van der Waals surface area contributed by atoms with Crippen LogP contribution < -0.4 is 15.6 Å². The number of methoxy groups -OCH3 is 1. The van der Waals surface area contributed by atoms with Crippen LogP contribution in [0.25, 0.3) is 0 Å². The molecule has 1 saturated heterocycles. The molecule has 18 heavy (non-hydrogen) atoms. The first-order chi connectivity index (χ1) is 8.70. The highest BCUT2D eigenvalue weighted by molar-refractivity contribution is 5.06. The molecule has 1 aliphatic rings. The molecule has 0 aromatic carbocycles. The molecule has 1 N–H and O–H groups in total. The molecule has 0 bridgehead atoms. The van der Waals surface area contributed by atoms with Crippen LogP contribution in [0.15, 0.2) is 10.9 Å². The Balaban J connectivity index is 2.06. The third-order valence-electron chi connectivity index (χ3n) is 3.50. The van der Waals surface area contributed by atoms with Gasteiger partial charge in [-0.1, -0.05) is 0 Å². The van der Waals surface area contributed by atoms with E-state index in [1.165, 1.54) is 12.8 Å². The molecule has 1 fully saturated rings. The number of piperidine rings is 1. The molecule has 0 atom stereocenters. The van der Waals surface area contributed by atoms with Gasteiger partial charge in [0.05, 0.1) is 7.11 Å². The van der Waals surface area contributed by atoms with Gasteiger partial charge < -0.3 is 10.1 Å². The molecule has 1 aromatic heterocycles. The number of rotatable bonds is 4.